The van der Waals surface area contributed by atoms with Crippen molar-refractivity contribution in [3.05, 3.63) is 58.1 Å². The molecule has 0 bridgehead atoms. The van der Waals surface area contributed by atoms with Crippen LogP contribution >= 0.6 is 15.9 Å². The SMILES string of the molecule is Cc1cc(Br)ccc1NC(=O)C1(c2ccc(N)cc2)CC1. The van der Waals surface area contributed by atoms with E-state index in [0.717, 1.165) is 39.8 Å². The van der Waals surface area contributed by atoms with Gasteiger partial charge in [0.05, 0.1) is 5.41 Å². The van der Waals surface area contributed by atoms with Crippen LogP contribution in [-0.4, -0.2) is 5.91 Å². The van der Waals surface area contributed by atoms with E-state index in [1.165, 1.54) is 0 Å². The molecule has 4 heteroatoms. The van der Waals surface area contributed by atoms with Crippen LogP contribution in [0.15, 0.2) is 46.9 Å². The third-order valence-corrected chi connectivity index (χ3v) is 4.58. The van der Waals surface area contributed by atoms with Crippen LogP contribution in [0.25, 0.3) is 0 Å². The van der Waals surface area contributed by atoms with Crippen molar-refractivity contribution in [3.8, 4) is 0 Å². The van der Waals surface area contributed by atoms with Crippen LogP contribution in [0.3, 0.4) is 0 Å². The molecule has 3 nitrogen and oxygen atoms in total. The highest BCUT2D eigenvalue weighted by molar-refractivity contribution is 9.10. The molecule has 0 radical (unpaired) electrons. The molecule has 0 spiro atoms. The van der Waals surface area contributed by atoms with Gasteiger partial charge in [-0.2, -0.15) is 0 Å². The third-order valence-electron chi connectivity index (χ3n) is 4.08. The van der Waals surface area contributed by atoms with Crippen molar-refractivity contribution >= 4 is 33.2 Å². The maximum atomic E-state index is 12.7. The van der Waals surface area contributed by atoms with E-state index in [4.69, 9.17) is 5.73 Å². The molecular formula is C17H17BrN2O. The monoisotopic (exact) mass is 344 g/mol. The number of anilines is 2. The fourth-order valence-corrected chi connectivity index (χ4v) is 3.06. The molecule has 108 valence electrons. The molecule has 1 saturated carbocycles. The summed E-state index contributed by atoms with van der Waals surface area (Å²) in [5.74, 6) is 0.0673. The molecular weight excluding hydrogens is 328 g/mol. The molecule has 21 heavy (non-hydrogen) atoms. The lowest BCUT2D eigenvalue weighted by atomic mass is 9.94. The van der Waals surface area contributed by atoms with Gasteiger partial charge in [0, 0.05) is 15.8 Å². The zero-order valence-electron chi connectivity index (χ0n) is 11.8. The Morgan fingerprint density at radius 2 is 1.86 bits per heavy atom. The van der Waals surface area contributed by atoms with Crippen molar-refractivity contribution in [3.63, 3.8) is 0 Å². The van der Waals surface area contributed by atoms with Crippen molar-refractivity contribution in [1.82, 2.24) is 0 Å². The van der Waals surface area contributed by atoms with Gasteiger partial charge < -0.3 is 11.1 Å². The van der Waals surface area contributed by atoms with E-state index < -0.39 is 0 Å². The molecule has 0 saturated heterocycles. The van der Waals surface area contributed by atoms with Crippen LogP contribution in [0.4, 0.5) is 11.4 Å². The van der Waals surface area contributed by atoms with Crippen molar-refractivity contribution in [2.45, 2.75) is 25.2 Å². The molecule has 0 atom stereocenters. The number of nitrogens with two attached hydrogens (primary N) is 1. The first-order valence-electron chi connectivity index (χ1n) is 6.95. The highest BCUT2D eigenvalue weighted by Gasteiger charge is 2.51. The normalized spacial score (nSPS) is 15.5. The summed E-state index contributed by atoms with van der Waals surface area (Å²) in [5.41, 5.74) is 9.02. The minimum atomic E-state index is -0.382. The summed E-state index contributed by atoms with van der Waals surface area (Å²) < 4.78 is 1.01. The number of carbonyl (C=O) groups excluding carboxylic acids is 1. The Labute approximate surface area is 132 Å². The van der Waals surface area contributed by atoms with Gasteiger partial charge in [0.25, 0.3) is 0 Å². The Balaban J connectivity index is 1.83. The van der Waals surface area contributed by atoms with Crippen LogP contribution in [-0.2, 0) is 10.2 Å². The number of carbonyl (C=O) groups is 1. The predicted octanol–water partition coefficient (Wildman–Crippen LogP) is 4.01. The average molecular weight is 345 g/mol. The second kappa shape index (κ2) is 5.19. The maximum absolute atomic E-state index is 12.7. The summed E-state index contributed by atoms with van der Waals surface area (Å²) in [4.78, 5) is 12.7. The first-order chi connectivity index (χ1) is 10.0. The largest absolute Gasteiger partial charge is 0.399 e. The van der Waals surface area contributed by atoms with Gasteiger partial charge in [-0.15, -0.1) is 0 Å². The summed E-state index contributed by atoms with van der Waals surface area (Å²) in [7, 11) is 0. The fraction of sp³-hybridized carbons (Fsp3) is 0.235. The van der Waals surface area contributed by atoms with Gasteiger partial charge in [-0.3, -0.25) is 4.79 Å². The fourth-order valence-electron chi connectivity index (χ4n) is 2.58. The van der Waals surface area contributed by atoms with Crippen LogP contribution in [0.5, 0.6) is 0 Å². The Morgan fingerprint density at radius 3 is 2.43 bits per heavy atom. The van der Waals surface area contributed by atoms with E-state index in [1.54, 1.807) is 0 Å². The minimum Gasteiger partial charge on any atom is -0.399 e. The molecule has 0 unspecified atom stereocenters. The Kier molecular flexibility index (Phi) is 3.49. The van der Waals surface area contributed by atoms with Gasteiger partial charge in [0.2, 0.25) is 5.91 Å². The van der Waals surface area contributed by atoms with Gasteiger partial charge in [-0.1, -0.05) is 28.1 Å². The number of nitrogens with one attached hydrogen (secondary N) is 1. The van der Waals surface area contributed by atoms with Crippen LogP contribution < -0.4 is 11.1 Å². The molecule has 3 rings (SSSR count). The Bertz CT molecular complexity index is 690. The van der Waals surface area contributed by atoms with E-state index in [1.807, 2.05) is 49.4 Å². The Morgan fingerprint density at radius 1 is 1.19 bits per heavy atom. The lowest BCUT2D eigenvalue weighted by molar-refractivity contribution is -0.118. The summed E-state index contributed by atoms with van der Waals surface area (Å²) >= 11 is 3.43. The summed E-state index contributed by atoms with van der Waals surface area (Å²) in [5, 5.41) is 3.06. The highest BCUT2D eigenvalue weighted by atomic mass is 79.9. The van der Waals surface area contributed by atoms with Gasteiger partial charge in [0.1, 0.15) is 0 Å². The van der Waals surface area contributed by atoms with Gasteiger partial charge in [-0.25, -0.2) is 0 Å². The first-order valence-corrected chi connectivity index (χ1v) is 7.74. The van der Waals surface area contributed by atoms with Crippen molar-refractivity contribution in [1.29, 1.82) is 0 Å². The standard InChI is InChI=1S/C17H17BrN2O/c1-11-10-13(18)4-7-15(11)20-16(21)17(8-9-17)12-2-5-14(19)6-3-12/h2-7,10H,8-9,19H2,1H3,(H,20,21). The molecule has 0 aromatic heterocycles. The van der Waals surface area contributed by atoms with Crippen molar-refractivity contribution in [2.75, 3.05) is 11.1 Å². The summed E-state index contributed by atoms with van der Waals surface area (Å²) in [6.45, 7) is 1.99. The Hall–Kier alpha value is -1.81. The zero-order chi connectivity index (χ0) is 15.0. The number of amides is 1. The van der Waals surface area contributed by atoms with Gasteiger partial charge >= 0.3 is 0 Å². The van der Waals surface area contributed by atoms with Crippen LogP contribution in [0, 0.1) is 6.92 Å². The lowest BCUT2D eigenvalue weighted by Crippen LogP contribution is -2.28. The molecule has 0 aliphatic heterocycles. The van der Waals surface area contributed by atoms with E-state index >= 15 is 0 Å². The van der Waals surface area contributed by atoms with E-state index in [-0.39, 0.29) is 11.3 Å². The number of hydrogen-bond donors (Lipinski definition) is 2. The molecule has 1 amide bonds. The second-order valence-electron chi connectivity index (χ2n) is 5.62. The number of benzene rings is 2. The molecule has 2 aromatic rings. The molecule has 3 N–H and O–H groups in total. The van der Waals surface area contributed by atoms with Crippen molar-refractivity contribution < 1.29 is 4.79 Å². The molecule has 1 aliphatic rings. The van der Waals surface area contributed by atoms with Crippen molar-refractivity contribution in [2.24, 2.45) is 0 Å². The van der Waals surface area contributed by atoms with Gasteiger partial charge in [0.15, 0.2) is 0 Å². The average Bonchev–Trinajstić information content (AvgIpc) is 3.24. The quantitative estimate of drug-likeness (QED) is 0.826. The summed E-state index contributed by atoms with van der Waals surface area (Å²) in [6.07, 6.45) is 1.77. The molecule has 0 heterocycles. The van der Waals surface area contributed by atoms with Gasteiger partial charge in [-0.05, 0) is 61.2 Å². The maximum Gasteiger partial charge on any atom is 0.235 e. The number of hydrogen-bond acceptors (Lipinski definition) is 2. The second-order valence-corrected chi connectivity index (χ2v) is 6.53. The predicted molar refractivity (Wildman–Crippen MR) is 89.3 cm³/mol. The van der Waals surface area contributed by atoms with E-state index in [2.05, 4.69) is 21.2 Å². The van der Waals surface area contributed by atoms with E-state index in [0.29, 0.717) is 0 Å². The number of rotatable bonds is 3. The number of halogens is 1. The van der Waals surface area contributed by atoms with Crippen LogP contribution in [0.2, 0.25) is 0 Å². The lowest BCUT2D eigenvalue weighted by Gasteiger charge is -2.17. The molecule has 1 aliphatic carbocycles. The van der Waals surface area contributed by atoms with Crippen LogP contribution in [0.1, 0.15) is 24.0 Å². The third kappa shape index (κ3) is 2.68. The smallest absolute Gasteiger partial charge is 0.235 e. The minimum absolute atomic E-state index is 0.0673. The molecule has 2 aromatic carbocycles. The number of aryl methyl sites for hydroxylation is 1. The van der Waals surface area contributed by atoms with E-state index in [9.17, 15) is 4.79 Å². The number of nitrogen functional groups attached to an aromatic ring is 1. The summed E-state index contributed by atoms with van der Waals surface area (Å²) in [6, 6.07) is 13.5. The highest BCUT2D eigenvalue weighted by Crippen LogP contribution is 2.49. The molecule has 1 fully saturated rings. The first kappa shape index (κ1) is 14.1. The topological polar surface area (TPSA) is 55.1 Å². The zero-order valence-corrected chi connectivity index (χ0v) is 13.4.